The Labute approximate surface area is 158 Å². The molecule has 3 aromatic carbocycles. The highest BCUT2D eigenvalue weighted by molar-refractivity contribution is 7.92. The van der Waals surface area contributed by atoms with E-state index in [4.69, 9.17) is 14.2 Å². The lowest BCUT2D eigenvalue weighted by atomic mass is 10.1. The van der Waals surface area contributed by atoms with Gasteiger partial charge in [0.2, 0.25) is 0 Å². The van der Waals surface area contributed by atoms with Gasteiger partial charge in [-0.05, 0) is 35.0 Å². The highest BCUT2D eigenvalue weighted by atomic mass is 32.2. The first-order chi connectivity index (χ1) is 13.0. The maximum atomic E-state index is 12.8. The lowest BCUT2D eigenvalue weighted by Gasteiger charge is -2.14. The molecule has 1 N–H and O–H groups in total. The summed E-state index contributed by atoms with van der Waals surface area (Å²) in [7, 11) is -0.634. The van der Waals surface area contributed by atoms with Crippen molar-refractivity contribution in [1.82, 2.24) is 0 Å². The molecule has 0 atom stereocenters. The van der Waals surface area contributed by atoms with Crippen molar-refractivity contribution in [3.63, 3.8) is 0 Å². The van der Waals surface area contributed by atoms with Gasteiger partial charge in [-0.15, -0.1) is 0 Å². The van der Waals surface area contributed by atoms with E-state index in [1.54, 1.807) is 43.5 Å². The van der Waals surface area contributed by atoms with Crippen molar-refractivity contribution < 1.29 is 22.6 Å². The molecular weight excluding hydrogens is 366 g/mol. The van der Waals surface area contributed by atoms with Gasteiger partial charge in [0, 0.05) is 13.2 Å². The third-order valence-corrected chi connectivity index (χ3v) is 5.37. The van der Waals surface area contributed by atoms with Crippen LogP contribution in [0.1, 0.15) is 0 Å². The van der Waals surface area contributed by atoms with Gasteiger partial charge in [0.25, 0.3) is 10.0 Å². The normalized spacial score (nSPS) is 11.3. The number of hydrogen-bond acceptors (Lipinski definition) is 5. The van der Waals surface area contributed by atoms with E-state index < -0.39 is 10.0 Å². The van der Waals surface area contributed by atoms with Gasteiger partial charge in [0.1, 0.15) is 6.61 Å². The van der Waals surface area contributed by atoms with Gasteiger partial charge in [-0.25, -0.2) is 8.42 Å². The van der Waals surface area contributed by atoms with Crippen LogP contribution in [-0.2, 0) is 14.8 Å². The second kappa shape index (κ2) is 8.28. The summed E-state index contributed by atoms with van der Waals surface area (Å²) in [6.45, 7) is 0.740. The van der Waals surface area contributed by atoms with E-state index in [1.807, 2.05) is 24.3 Å². The van der Waals surface area contributed by atoms with Gasteiger partial charge < -0.3 is 14.2 Å². The van der Waals surface area contributed by atoms with Gasteiger partial charge in [-0.2, -0.15) is 0 Å². The Balaban J connectivity index is 1.86. The summed E-state index contributed by atoms with van der Waals surface area (Å²) in [6.07, 6.45) is 0. The van der Waals surface area contributed by atoms with Crippen molar-refractivity contribution in [2.24, 2.45) is 0 Å². The van der Waals surface area contributed by atoms with Crippen LogP contribution in [0.2, 0.25) is 0 Å². The Hall–Kier alpha value is -2.77. The fraction of sp³-hybridized carbons (Fsp3) is 0.200. The number of rotatable bonds is 8. The number of hydrogen-bond donors (Lipinski definition) is 1. The zero-order chi connectivity index (χ0) is 19.3. The van der Waals surface area contributed by atoms with Crippen LogP contribution < -0.4 is 14.2 Å². The molecule has 0 spiro atoms. The minimum Gasteiger partial charge on any atom is -0.493 e. The van der Waals surface area contributed by atoms with Crippen molar-refractivity contribution in [3.8, 4) is 11.5 Å². The smallest absolute Gasteiger partial charge is 0.261 e. The third kappa shape index (κ3) is 4.50. The fourth-order valence-electron chi connectivity index (χ4n) is 2.64. The van der Waals surface area contributed by atoms with Gasteiger partial charge in [-0.3, -0.25) is 4.72 Å². The molecule has 0 heterocycles. The second-order valence-corrected chi connectivity index (χ2v) is 7.50. The molecule has 3 aromatic rings. The van der Waals surface area contributed by atoms with E-state index in [9.17, 15) is 8.42 Å². The van der Waals surface area contributed by atoms with Crippen molar-refractivity contribution >= 4 is 26.5 Å². The zero-order valence-electron chi connectivity index (χ0n) is 15.1. The minimum atomic E-state index is -3.74. The van der Waals surface area contributed by atoms with E-state index in [0.29, 0.717) is 30.4 Å². The first-order valence-corrected chi connectivity index (χ1v) is 9.83. The number of anilines is 1. The Bertz CT molecular complexity index is 1030. The molecule has 0 bridgehead atoms. The predicted molar refractivity (Wildman–Crippen MR) is 105 cm³/mol. The summed E-state index contributed by atoms with van der Waals surface area (Å²) in [5.41, 5.74) is 0.386. The van der Waals surface area contributed by atoms with Crippen LogP contribution >= 0.6 is 0 Å². The average molecular weight is 387 g/mol. The van der Waals surface area contributed by atoms with Gasteiger partial charge in [0.15, 0.2) is 11.5 Å². The first kappa shape index (κ1) is 19.0. The van der Waals surface area contributed by atoms with Crippen LogP contribution in [0.25, 0.3) is 10.8 Å². The summed E-state index contributed by atoms with van der Waals surface area (Å²) in [6, 6.07) is 17.5. The average Bonchev–Trinajstić information content (AvgIpc) is 2.68. The largest absolute Gasteiger partial charge is 0.493 e. The summed E-state index contributed by atoms with van der Waals surface area (Å²) in [4.78, 5) is 0.193. The second-order valence-electron chi connectivity index (χ2n) is 5.82. The monoisotopic (exact) mass is 387 g/mol. The van der Waals surface area contributed by atoms with Crippen LogP contribution in [0.3, 0.4) is 0 Å². The van der Waals surface area contributed by atoms with Gasteiger partial charge >= 0.3 is 0 Å². The highest BCUT2D eigenvalue weighted by Gasteiger charge is 2.16. The molecular formula is C20H21NO5S. The lowest BCUT2D eigenvalue weighted by molar-refractivity contribution is 0.144. The molecule has 142 valence electrons. The van der Waals surface area contributed by atoms with E-state index in [0.717, 1.165) is 10.8 Å². The van der Waals surface area contributed by atoms with E-state index >= 15 is 0 Å². The molecule has 0 saturated heterocycles. The number of ether oxygens (including phenoxy) is 3. The van der Waals surface area contributed by atoms with Crippen LogP contribution in [0.5, 0.6) is 11.5 Å². The quantitative estimate of drug-likeness (QED) is 0.597. The molecule has 6 nitrogen and oxygen atoms in total. The molecule has 0 saturated carbocycles. The van der Waals surface area contributed by atoms with Crippen LogP contribution in [0.15, 0.2) is 65.6 Å². The minimum absolute atomic E-state index is 0.193. The van der Waals surface area contributed by atoms with E-state index in [-0.39, 0.29) is 4.90 Å². The molecule has 0 radical (unpaired) electrons. The molecule has 3 rings (SSSR count). The third-order valence-electron chi connectivity index (χ3n) is 3.99. The zero-order valence-corrected chi connectivity index (χ0v) is 16.0. The highest BCUT2D eigenvalue weighted by Crippen LogP contribution is 2.31. The Morgan fingerprint density at radius 3 is 2.37 bits per heavy atom. The Morgan fingerprint density at radius 2 is 1.63 bits per heavy atom. The topological polar surface area (TPSA) is 73.9 Å². The lowest BCUT2D eigenvalue weighted by Crippen LogP contribution is -2.13. The molecule has 0 amide bonds. The molecule has 0 fully saturated rings. The number of nitrogens with one attached hydrogen (secondary N) is 1. The molecule has 0 aliphatic carbocycles. The summed E-state index contributed by atoms with van der Waals surface area (Å²) in [5, 5.41) is 1.84. The van der Waals surface area contributed by atoms with E-state index in [1.165, 1.54) is 7.11 Å². The maximum absolute atomic E-state index is 12.8. The van der Waals surface area contributed by atoms with Crippen molar-refractivity contribution in [2.75, 3.05) is 32.2 Å². The fourth-order valence-corrected chi connectivity index (χ4v) is 3.72. The Morgan fingerprint density at radius 1 is 0.852 bits per heavy atom. The first-order valence-electron chi connectivity index (χ1n) is 8.35. The van der Waals surface area contributed by atoms with Crippen molar-refractivity contribution in [3.05, 3.63) is 60.7 Å². The molecule has 0 aromatic heterocycles. The standard InChI is InChI=1S/C20H21NO5S/c1-24-11-12-26-20-14-17(8-10-19(20)25-2)21-27(22,23)18-9-7-15-5-3-4-6-16(15)13-18/h3-10,13-14,21H,11-12H2,1-2H3. The van der Waals surface area contributed by atoms with Crippen LogP contribution in [0, 0.1) is 0 Å². The number of methoxy groups -OCH3 is 2. The number of benzene rings is 3. The van der Waals surface area contributed by atoms with Crippen molar-refractivity contribution in [1.29, 1.82) is 0 Å². The molecule has 0 aliphatic rings. The van der Waals surface area contributed by atoms with Crippen LogP contribution in [-0.4, -0.2) is 35.9 Å². The summed E-state index contributed by atoms with van der Waals surface area (Å²) in [5.74, 6) is 0.952. The van der Waals surface area contributed by atoms with Crippen LogP contribution in [0.4, 0.5) is 5.69 Å². The summed E-state index contributed by atoms with van der Waals surface area (Å²) >= 11 is 0. The van der Waals surface area contributed by atoms with Gasteiger partial charge in [-0.1, -0.05) is 30.3 Å². The molecule has 0 unspecified atom stereocenters. The SMILES string of the molecule is COCCOc1cc(NS(=O)(=O)c2ccc3ccccc3c2)ccc1OC. The Kier molecular flexibility index (Phi) is 5.83. The van der Waals surface area contributed by atoms with Crippen molar-refractivity contribution in [2.45, 2.75) is 4.90 Å². The molecule has 7 heteroatoms. The predicted octanol–water partition coefficient (Wildman–Crippen LogP) is 3.67. The summed E-state index contributed by atoms with van der Waals surface area (Å²) < 4.78 is 43.9. The molecule has 0 aliphatic heterocycles. The number of fused-ring (bicyclic) bond motifs is 1. The maximum Gasteiger partial charge on any atom is 0.261 e. The van der Waals surface area contributed by atoms with Gasteiger partial charge in [0.05, 0.1) is 24.3 Å². The van der Waals surface area contributed by atoms with E-state index in [2.05, 4.69) is 4.72 Å². The molecule has 27 heavy (non-hydrogen) atoms. The number of sulfonamides is 1.